The van der Waals surface area contributed by atoms with Crippen molar-refractivity contribution >= 4 is 21.6 Å². The molecule has 0 saturated heterocycles. The Bertz CT molecular complexity index is 442. The van der Waals surface area contributed by atoms with Gasteiger partial charge in [-0.15, -0.1) is 0 Å². The molecule has 6 heteroatoms. The van der Waals surface area contributed by atoms with Crippen LogP contribution in [0.1, 0.15) is 12.8 Å². The summed E-state index contributed by atoms with van der Waals surface area (Å²) in [5, 5.41) is 0.0641. The Balaban J connectivity index is 2.33. The van der Waals surface area contributed by atoms with Crippen LogP contribution in [0.25, 0.3) is 0 Å². The summed E-state index contributed by atoms with van der Waals surface area (Å²) in [4.78, 5) is 3.75. The van der Waals surface area contributed by atoms with Crippen LogP contribution in [0.5, 0.6) is 0 Å². The first-order valence-corrected chi connectivity index (χ1v) is 6.08. The molecule has 0 aromatic carbocycles. The van der Waals surface area contributed by atoms with Crippen molar-refractivity contribution in [2.75, 3.05) is 0 Å². The van der Waals surface area contributed by atoms with Gasteiger partial charge in [-0.3, -0.25) is 0 Å². The number of hydrogen-bond donors (Lipinski definition) is 1. The topological polar surface area (TPSA) is 59.1 Å². The largest absolute Gasteiger partial charge is 0.259 e. The molecule has 0 unspecified atom stereocenters. The van der Waals surface area contributed by atoms with E-state index in [4.69, 9.17) is 11.6 Å². The average Bonchev–Trinajstić information content (AvgIpc) is 2.88. The van der Waals surface area contributed by atoms with Crippen molar-refractivity contribution in [2.45, 2.75) is 23.9 Å². The van der Waals surface area contributed by atoms with E-state index in [-0.39, 0.29) is 16.1 Å². The van der Waals surface area contributed by atoms with E-state index in [9.17, 15) is 8.42 Å². The number of sulfonamides is 1. The molecule has 1 heterocycles. The van der Waals surface area contributed by atoms with E-state index in [2.05, 4.69) is 9.71 Å². The second-order valence-electron chi connectivity index (χ2n) is 3.19. The zero-order chi connectivity index (χ0) is 10.2. The zero-order valence-corrected chi connectivity index (χ0v) is 8.85. The monoisotopic (exact) mass is 232 g/mol. The van der Waals surface area contributed by atoms with E-state index in [1.807, 2.05) is 0 Å². The Morgan fingerprint density at radius 3 is 2.79 bits per heavy atom. The molecule has 0 bridgehead atoms. The van der Waals surface area contributed by atoms with Crippen LogP contribution < -0.4 is 4.72 Å². The van der Waals surface area contributed by atoms with E-state index in [1.54, 1.807) is 6.07 Å². The molecular weight excluding hydrogens is 224 g/mol. The van der Waals surface area contributed by atoms with E-state index >= 15 is 0 Å². The van der Waals surface area contributed by atoms with Crippen LogP contribution in [0, 0.1) is 0 Å². The molecule has 1 aliphatic rings. The third-order valence-electron chi connectivity index (χ3n) is 1.88. The lowest BCUT2D eigenvalue weighted by molar-refractivity contribution is 0.577. The van der Waals surface area contributed by atoms with E-state index < -0.39 is 10.0 Å². The molecule has 1 N–H and O–H groups in total. The van der Waals surface area contributed by atoms with Crippen LogP contribution in [0.4, 0.5) is 0 Å². The fraction of sp³-hybridized carbons (Fsp3) is 0.375. The Kier molecular flexibility index (Phi) is 2.47. The Morgan fingerprint density at radius 1 is 1.50 bits per heavy atom. The molecule has 14 heavy (non-hydrogen) atoms. The van der Waals surface area contributed by atoms with Crippen LogP contribution in [0.3, 0.4) is 0 Å². The van der Waals surface area contributed by atoms with Gasteiger partial charge >= 0.3 is 0 Å². The highest BCUT2D eigenvalue weighted by molar-refractivity contribution is 7.89. The quantitative estimate of drug-likeness (QED) is 0.851. The third-order valence-corrected chi connectivity index (χ3v) is 3.77. The summed E-state index contributed by atoms with van der Waals surface area (Å²) in [6, 6.07) is 3.17. The van der Waals surface area contributed by atoms with Gasteiger partial charge in [-0.2, -0.15) is 0 Å². The normalized spacial score (nSPS) is 16.9. The lowest BCUT2D eigenvalue weighted by Crippen LogP contribution is -2.26. The van der Waals surface area contributed by atoms with E-state index in [0.717, 1.165) is 12.8 Å². The summed E-state index contributed by atoms with van der Waals surface area (Å²) in [7, 11) is -3.52. The number of aromatic nitrogens is 1. The van der Waals surface area contributed by atoms with Crippen molar-refractivity contribution in [3.8, 4) is 0 Å². The Hall–Kier alpha value is -0.650. The van der Waals surface area contributed by atoms with Gasteiger partial charge in [0.15, 0.2) is 5.03 Å². The minimum absolute atomic E-state index is 0.0677. The molecule has 0 aliphatic heterocycles. The fourth-order valence-corrected chi connectivity index (χ4v) is 2.78. The number of rotatable bonds is 3. The van der Waals surface area contributed by atoms with Crippen molar-refractivity contribution in [1.82, 2.24) is 9.71 Å². The van der Waals surface area contributed by atoms with Crippen molar-refractivity contribution in [3.63, 3.8) is 0 Å². The van der Waals surface area contributed by atoms with Crippen molar-refractivity contribution in [3.05, 3.63) is 23.4 Å². The highest BCUT2D eigenvalue weighted by atomic mass is 35.5. The van der Waals surface area contributed by atoms with E-state index in [0.29, 0.717) is 0 Å². The molecule has 1 fully saturated rings. The predicted molar refractivity (Wildman–Crippen MR) is 52.6 cm³/mol. The van der Waals surface area contributed by atoms with Gasteiger partial charge in [-0.25, -0.2) is 18.1 Å². The van der Waals surface area contributed by atoms with Crippen LogP contribution in [0.2, 0.25) is 5.02 Å². The van der Waals surface area contributed by atoms with Gasteiger partial charge < -0.3 is 0 Å². The molecule has 0 amide bonds. The fourth-order valence-electron chi connectivity index (χ4n) is 1.05. The summed E-state index contributed by atoms with van der Waals surface area (Å²) in [5.74, 6) is 0. The molecule has 0 atom stereocenters. The second-order valence-corrected chi connectivity index (χ2v) is 5.22. The van der Waals surface area contributed by atoms with Crippen LogP contribution >= 0.6 is 11.6 Å². The number of hydrogen-bond acceptors (Lipinski definition) is 3. The summed E-state index contributed by atoms with van der Waals surface area (Å²) in [6.45, 7) is 0. The molecule has 1 aliphatic carbocycles. The van der Waals surface area contributed by atoms with E-state index in [1.165, 1.54) is 12.3 Å². The lowest BCUT2D eigenvalue weighted by atomic mass is 10.5. The van der Waals surface area contributed by atoms with Gasteiger partial charge in [0.25, 0.3) is 10.0 Å². The summed E-state index contributed by atoms with van der Waals surface area (Å²) >= 11 is 5.73. The highest BCUT2D eigenvalue weighted by Crippen LogP contribution is 2.24. The molecule has 1 aromatic heterocycles. The number of nitrogens with zero attached hydrogens (tertiary/aromatic N) is 1. The predicted octanol–water partition coefficient (Wildman–Crippen LogP) is 1.18. The molecular formula is C8H9ClN2O2S. The van der Waals surface area contributed by atoms with Gasteiger partial charge in [-0.05, 0) is 25.0 Å². The SMILES string of the molecule is O=S(=O)(NC1CC1)c1ncccc1Cl. The van der Waals surface area contributed by atoms with Gasteiger partial charge in [0.05, 0.1) is 5.02 Å². The smallest absolute Gasteiger partial charge is 0.242 e. The van der Waals surface area contributed by atoms with Crippen molar-refractivity contribution < 1.29 is 8.42 Å². The van der Waals surface area contributed by atoms with Gasteiger partial charge in [0.2, 0.25) is 0 Å². The molecule has 1 aromatic rings. The molecule has 0 spiro atoms. The molecule has 1 saturated carbocycles. The average molecular weight is 233 g/mol. The minimum Gasteiger partial charge on any atom is -0.242 e. The van der Waals surface area contributed by atoms with Crippen LogP contribution in [-0.2, 0) is 10.0 Å². The number of nitrogens with one attached hydrogen (secondary N) is 1. The second kappa shape index (κ2) is 3.49. The Morgan fingerprint density at radius 2 is 2.21 bits per heavy atom. The van der Waals surface area contributed by atoms with Gasteiger partial charge in [0, 0.05) is 12.2 Å². The van der Waals surface area contributed by atoms with Gasteiger partial charge in [0.1, 0.15) is 0 Å². The first-order valence-electron chi connectivity index (χ1n) is 4.22. The van der Waals surface area contributed by atoms with Crippen molar-refractivity contribution in [1.29, 1.82) is 0 Å². The maximum Gasteiger partial charge on any atom is 0.259 e. The molecule has 76 valence electrons. The number of pyridine rings is 1. The first kappa shape index (κ1) is 9.89. The molecule has 0 radical (unpaired) electrons. The zero-order valence-electron chi connectivity index (χ0n) is 7.27. The maximum atomic E-state index is 11.6. The maximum absolute atomic E-state index is 11.6. The highest BCUT2D eigenvalue weighted by Gasteiger charge is 2.29. The number of halogens is 1. The third kappa shape index (κ3) is 2.05. The lowest BCUT2D eigenvalue weighted by Gasteiger charge is -2.05. The van der Waals surface area contributed by atoms with Crippen LogP contribution in [-0.4, -0.2) is 19.4 Å². The summed E-state index contributed by atoms with van der Waals surface area (Å²) < 4.78 is 25.8. The summed E-state index contributed by atoms with van der Waals surface area (Å²) in [5.41, 5.74) is 0. The Labute approximate surface area is 87.4 Å². The standard InChI is InChI=1S/C8H9ClN2O2S/c9-7-2-1-5-10-8(7)14(12,13)11-6-3-4-6/h1-2,5-6,11H,3-4H2. The molecule has 4 nitrogen and oxygen atoms in total. The summed E-state index contributed by atoms with van der Waals surface area (Å²) in [6.07, 6.45) is 3.20. The van der Waals surface area contributed by atoms with Crippen LogP contribution in [0.15, 0.2) is 23.4 Å². The minimum atomic E-state index is -3.52. The van der Waals surface area contributed by atoms with Gasteiger partial charge in [-0.1, -0.05) is 11.6 Å². The van der Waals surface area contributed by atoms with Crippen molar-refractivity contribution in [2.24, 2.45) is 0 Å². The first-order chi connectivity index (χ1) is 6.59. The molecule has 2 rings (SSSR count).